The first-order chi connectivity index (χ1) is 10.0. The minimum atomic E-state index is -0.378. The summed E-state index contributed by atoms with van der Waals surface area (Å²) in [7, 11) is 0. The molecule has 1 atom stereocenters. The van der Waals surface area contributed by atoms with Gasteiger partial charge in [0.15, 0.2) is 0 Å². The molecule has 2 nitrogen and oxygen atoms in total. The third kappa shape index (κ3) is 3.28. The van der Waals surface area contributed by atoms with Gasteiger partial charge in [0, 0.05) is 15.9 Å². The van der Waals surface area contributed by atoms with Gasteiger partial charge >= 0.3 is 0 Å². The van der Waals surface area contributed by atoms with Crippen molar-refractivity contribution >= 4 is 44.8 Å². The summed E-state index contributed by atoms with van der Waals surface area (Å²) in [6.07, 6.45) is 0.769. The zero-order chi connectivity index (χ0) is 15.0. The molecule has 0 aromatic heterocycles. The third-order valence-corrected chi connectivity index (χ3v) is 4.44. The average molecular weight is 391 g/mol. The van der Waals surface area contributed by atoms with Gasteiger partial charge in [-0.15, -0.1) is 0 Å². The van der Waals surface area contributed by atoms with Gasteiger partial charge in [-0.3, -0.25) is 0 Å². The van der Waals surface area contributed by atoms with Gasteiger partial charge in [0.2, 0.25) is 0 Å². The number of rotatable bonds is 3. The molecule has 0 saturated carbocycles. The lowest BCUT2D eigenvalue weighted by atomic mass is 10.1. The summed E-state index contributed by atoms with van der Waals surface area (Å²) in [5, 5.41) is 4.23. The smallest absolute Gasteiger partial charge is 0.125 e. The number of hydrogen-bond donors (Lipinski definition) is 1. The molecule has 0 amide bonds. The Morgan fingerprint density at radius 1 is 1.29 bits per heavy atom. The van der Waals surface area contributed by atoms with Crippen LogP contribution in [0.5, 0.6) is 5.75 Å². The molecule has 110 valence electrons. The average Bonchev–Trinajstić information content (AvgIpc) is 2.79. The minimum Gasteiger partial charge on any atom is -0.488 e. The topological polar surface area (TPSA) is 21.3 Å². The van der Waals surface area contributed by atoms with E-state index in [1.54, 1.807) is 0 Å². The van der Waals surface area contributed by atoms with Crippen molar-refractivity contribution in [3.8, 4) is 5.75 Å². The van der Waals surface area contributed by atoms with Crippen LogP contribution in [-0.2, 0) is 6.42 Å². The van der Waals surface area contributed by atoms with Crippen molar-refractivity contribution < 1.29 is 9.13 Å². The molecule has 0 spiro atoms. The lowest BCUT2D eigenvalue weighted by Gasteiger charge is -2.15. The van der Waals surface area contributed by atoms with Gasteiger partial charge in [-0.1, -0.05) is 23.2 Å². The van der Waals surface area contributed by atoms with Crippen LogP contribution in [0.25, 0.3) is 0 Å². The molecule has 6 heteroatoms. The fourth-order valence-corrected chi connectivity index (χ4v) is 3.48. The lowest BCUT2D eigenvalue weighted by Crippen LogP contribution is -2.24. The van der Waals surface area contributed by atoms with E-state index < -0.39 is 0 Å². The molecule has 1 aliphatic heterocycles. The molecule has 0 bridgehead atoms. The second-order valence-electron chi connectivity index (χ2n) is 4.82. The van der Waals surface area contributed by atoms with Crippen molar-refractivity contribution in [1.82, 2.24) is 0 Å². The molecular weight excluding hydrogens is 380 g/mol. The highest BCUT2D eigenvalue weighted by Crippen LogP contribution is 2.34. The fourth-order valence-electron chi connectivity index (χ4n) is 2.33. The molecule has 0 saturated heterocycles. The summed E-state index contributed by atoms with van der Waals surface area (Å²) in [5.41, 5.74) is 1.76. The van der Waals surface area contributed by atoms with E-state index in [4.69, 9.17) is 27.9 Å². The molecule has 21 heavy (non-hydrogen) atoms. The lowest BCUT2D eigenvalue weighted by molar-refractivity contribution is 0.246. The van der Waals surface area contributed by atoms with Crippen molar-refractivity contribution in [1.29, 1.82) is 0 Å². The predicted octanol–water partition coefficient (Wildman–Crippen LogP) is 5.31. The Hall–Kier alpha value is -0.970. The maximum Gasteiger partial charge on any atom is 0.125 e. The fraction of sp³-hybridized carbons (Fsp3) is 0.200. The van der Waals surface area contributed by atoms with Crippen molar-refractivity contribution in [3.05, 3.63) is 56.2 Å². The highest BCUT2D eigenvalue weighted by atomic mass is 79.9. The van der Waals surface area contributed by atoms with Gasteiger partial charge in [0.05, 0.1) is 17.3 Å². The number of hydrogen-bond acceptors (Lipinski definition) is 2. The quantitative estimate of drug-likeness (QED) is 0.766. The number of fused-ring (bicyclic) bond motifs is 1. The van der Waals surface area contributed by atoms with E-state index >= 15 is 0 Å². The minimum absolute atomic E-state index is 0.00788. The van der Waals surface area contributed by atoms with Crippen LogP contribution in [0, 0.1) is 5.82 Å². The number of anilines is 1. The number of halogens is 4. The molecule has 0 fully saturated rings. The van der Waals surface area contributed by atoms with Crippen LogP contribution in [0.2, 0.25) is 10.0 Å². The molecule has 0 radical (unpaired) electrons. The maximum absolute atomic E-state index is 13.2. The molecule has 2 aromatic carbocycles. The second-order valence-corrected chi connectivity index (χ2v) is 6.52. The summed E-state index contributed by atoms with van der Waals surface area (Å²) < 4.78 is 19.6. The monoisotopic (exact) mass is 389 g/mol. The highest BCUT2D eigenvalue weighted by molar-refractivity contribution is 9.10. The van der Waals surface area contributed by atoms with E-state index in [1.807, 2.05) is 18.2 Å². The maximum atomic E-state index is 13.2. The Balaban J connectivity index is 1.68. The molecule has 1 aliphatic rings. The third-order valence-electron chi connectivity index (χ3n) is 3.28. The summed E-state index contributed by atoms with van der Waals surface area (Å²) in [6.45, 7) is 0.566. The molecule has 1 N–H and O–H groups in total. The predicted molar refractivity (Wildman–Crippen MR) is 87.2 cm³/mol. The Kier molecular flexibility index (Phi) is 4.29. The Labute approximate surface area is 140 Å². The number of ether oxygens (including phenoxy) is 1. The summed E-state index contributed by atoms with van der Waals surface area (Å²) in [4.78, 5) is 0. The van der Waals surface area contributed by atoms with E-state index in [1.165, 1.54) is 12.1 Å². The molecule has 1 unspecified atom stereocenters. The molecule has 3 rings (SSSR count). The van der Waals surface area contributed by atoms with Gasteiger partial charge < -0.3 is 10.1 Å². The SMILES string of the molecule is Fc1cc(Cl)c(NCC2Cc3cc(Cl)ccc3O2)c(Br)c1. The first kappa shape index (κ1) is 14.9. The van der Waals surface area contributed by atoms with Gasteiger partial charge in [-0.2, -0.15) is 0 Å². The largest absolute Gasteiger partial charge is 0.488 e. The second kappa shape index (κ2) is 6.03. The van der Waals surface area contributed by atoms with E-state index in [2.05, 4.69) is 21.2 Å². The first-order valence-electron chi connectivity index (χ1n) is 6.36. The molecule has 1 heterocycles. The van der Waals surface area contributed by atoms with Gasteiger partial charge in [0.25, 0.3) is 0 Å². The standard InChI is InChI=1S/C15H11BrCl2FNO/c16-12-5-10(19)6-13(18)15(12)20-7-11-4-8-3-9(17)1-2-14(8)21-11/h1-3,5-6,11,20H,4,7H2. The molecular formula is C15H11BrCl2FNO. The van der Waals surface area contributed by atoms with Gasteiger partial charge in [-0.25, -0.2) is 4.39 Å². The van der Waals surface area contributed by atoms with Crippen LogP contribution < -0.4 is 10.1 Å². The first-order valence-corrected chi connectivity index (χ1v) is 7.91. The van der Waals surface area contributed by atoms with Crippen molar-refractivity contribution in [3.63, 3.8) is 0 Å². The zero-order valence-electron chi connectivity index (χ0n) is 10.8. The number of benzene rings is 2. The van der Waals surface area contributed by atoms with E-state index in [9.17, 15) is 4.39 Å². The highest BCUT2D eigenvalue weighted by Gasteiger charge is 2.23. The van der Waals surface area contributed by atoms with Crippen molar-refractivity contribution in [2.75, 3.05) is 11.9 Å². The molecule has 2 aromatic rings. The van der Waals surface area contributed by atoms with Crippen molar-refractivity contribution in [2.45, 2.75) is 12.5 Å². The van der Waals surface area contributed by atoms with Crippen LogP contribution in [0.3, 0.4) is 0 Å². The van der Waals surface area contributed by atoms with Crippen LogP contribution in [0.15, 0.2) is 34.8 Å². The van der Waals surface area contributed by atoms with E-state index in [0.29, 0.717) is 26.8 Å². The van der Waals surface area contributed by atoms with Crippen LogP contribution in [0.1, 0.15) is 5.56 Å². The van der Waals surface area contributed by atoms with Crippen LogP contribution in [-0.4, -0.2) is 12.6 Å². The van der Waals surface area contributed by atoms with Crippen molar-refractivity contribution in [2.24, 2.45) is 0 Å². The molecule has 0 aliphatic carbocycles. The van der Waals surface area contributed by atoms with E-state index in [0.717, 1.165) is 17.7 Å². The summed E-state index contributed by atoms with van der Waals surface area (Å²) in [5.74, 6) is 0.479. The number of nitrogens with one attached hydrogen (secondary N) is 1. The van der Waals surface area contributed by atoms with Crippen LogP contribution >= 0.6 is 39.1 Å². The summed E-state index contributed by atoms with van der Waals surface area (Å²) in [6, 6.07) is 8.25. The van der Waals surface area contributed by atoms with Gasteiger partial charge in [-0.05, 0) is 51.8 Å². The Morgan fingerprint density at radius 2 is 2.10 bits per heavy atom. The Bertz CT molecular complexity index is 672. The van der Waals surface area contributed by atoms with E-state index in [-0.39, 0.29) is 11.9 Å². The van der Waals surface area contributed by atoms with Crippen LogP contribution in [0.4, 0.5) is 10.1 Å². The zero-order valence-corrected chi connectivity index (χ0v) is 13.9. The Morgan fingerprint density at radius 3 is 2.86 bits per heavy atom. The van der Waals surface area contributed by atoms with Gasteiger partial charge in [0.1, 0.15) is 17.7 Å². The summed E-state index contributed by atoms with van der Waals surface area (Å²) >= 11 is 15.3. The normalized spacial score (nSPS) is 16.5.